The quantitative estimate of drug-likeness (QED) is 0.354. The molecule has 0 spiro atoms. The van der Waals surface area contributed by atoms with Gasteiger partial charge in [-0.2, -0.15) is 0 Å². The van der Waals surface area contributed by atoms with Crippen molar-refractivity contribution in [2.24, 2.45) is 5.92 Å². The third kappa shape index (κ3) is 6.83. The maximum atomic E-state index is 15.1. The second kappa shape index (κ2) is 12.2. The molecule has 3 aliphatic rings. The van der Waals surface area contributed by atoms with E-state index in [0.29, 0.717) is 23.8 Å². The van der Waals surface area contributed by atoms with E-state index in [1.165, 1.54) is 6.07 Å². The molecule has 41 heavy (non-hydrogen) atoms. The Kier molecular flexibility index (Phi) is 8.84. The first-order valence-electron chi connectivity index (χ1n) is 14.5. The fourth-order valence-electron chi connectivity index (χ4n) is 6.21. The molecule has 0 saturated heterocycles. The van der Waals surface area contributed by atoms with Crippen LogP contribution < -0.4 is 14.8 Å². The normalized spacial score (nSPS) is 21.7. The molecule has 2 N–H and O–H groups in total. The first kappa shape index (κ1) is 29.7. The van der Waals surface area contributed by atoms with Crippen molar-refractivity contribution in [3.63, 3.8) is 0 Å². The lowest BCUT2D eigenvalue weighted by Crippen LogP contribution is -2.45. The number of sulfonamides is 1. The second-order valence-electron chi connectivity index (χ2n) is 11.9. The number of rotatable bonds is 10. The molecule has 11 heteroatoms. The van der Waals surface area contributed by atoms with Crippen molar-refractivity contribution in [3.8, 4) is 5.75 Å². The Hall–Kier alpha value is -2.79. The van der Waals surface area contributed by atoms with Crippen LogP contribution in [0.1, 0.15) is 86.0 Å². The van der Waals surface area contributed by atoms with Crippen LogP contribution in [0.5, 0.6) is 5.75 Å². The number of carbonyl (C=O) groups is 1. The van der Waals surface area contributed by atoms with Gasteiger partial charge >= 0.3 is 0 Å². The summed E-state index contributed by atoms with van der Waals surface area (Å²) in [7, 11) is -1.11. The zero-order valence-corrected chi connectivity index (χ0v) is 24.3. The Morgan fingerprint density at radius 1 is 0.902 bits per heavy atom. The van der Waals surface area contributed by atoms with E-state index in [-0.39, 0.29) is 23.7 Å². The van der Waals surface area contributed by atoms with E-state index in [1.807, 2.05) is 14.1 Å². The van der Waals surface area contributed by atoms with Crippen molar-refractivity contribution >= 4 is 21.6 Å². The molecule has 7 nitrogen and oxygen atoms in total. The van der Waals surface area contributed by atoms with E-state index < -0.39 is 43.8 Å². The number of amides is 1. The number of ether oxygens (including phenoxy) is 1. The molecular formula is C30H38F3N3O4S. The molecular weight excluding hydrogens is 555 g/mol. The van der Waals surface area contributed by atoms with Crippen molar-refractivity contribution in [1.82, 2.24) is 9.62 Å². The molecule has 3 fully saturated rings. The molecule has 2 aromatic carbocycles. The molecule has 3 saturated carbocycles. The van der Waals surface area contributed by atoms with Crippen LogP contribution in [0.2, 0.25) is 0 Å². The maximum Gasteiger partial charge on any atom is 0.270 e. The first-order valence-corrected chi connectivity index (χ1v) is 16.0. The largest absolute Gasteiger partial charge is 0.493 e. The third-order valence-corrected chi connectivity index (χ3v) is 9.93. The Balaban J connectivity index is 1.33. The highest BCUT2D eigenvalue weighted by molar-refractivity contribution is 7.90. The number of nitrogens with zero attached hydrogens (tertiary/aromatic N) is 1. The topological polar surface area (TPSA) is 87.7 Å². The number of carbonyl (C=O) groups excluding carboxylic acids is 1. The number of likely N-dealkylation sites (N-methyl/N-ethyl adjacent to an activating group) is 1. The van der Waals surface area contributed by atoms with Gasteiger partial charge in [-0.1, -0.05) is 25.7 Å². The summed E-state index contributed by atoms with van der Waals surface area (Å²) in [6.07, 6.45) is 9.85. The summed E-state index contributed by atoms with van der Waals surface area (Å²) in [5.74, 6) is -4.12. The fraction of sp³-hybridized carbons (Fsp3) is 0.567. The number of hydrogen-bond acceptors (Lipinski definition) is 6. The lowest BCUT2D eigenvalue weighted by atomic mass is 9.89. The molecule has 0 radical (unpaired) electrons. The summed E-state index contributed by atoms with van der Waals surface area (Å²) in [6, 6.07) is 4.32. The highest BCUT2D eigenvalue weighted by atomic mass is 32.2. The van der Waals surface area contributed by atoms with E-state index in [1.54, 1.807) is 4.72 Å². The van der Waals surface area contributed by atoms with Gasteiger partial charge in [-0.3, -0.25) is 4.79 Å². The van der Waals surface area contributed by atoms with E-state index in [0.717, 1.165) is 82.4 Å². The zero-order chi connectivity index (χ0) is 29.3. The molecule has 3 aliphatic carbocycles. The zero-order valence-electron chi connectivity index (χ0n) is 23.5. The molecule has 2 aromatic rings. The van der Waals surface area contributed by atoms with Crippen molar-refractivity contribution < 1.29 is 31.1 Å². The van der Waals surface area contributed by atoms with Crippen molar-refractivity contribution in [2.75, 3.05) is 26.0 Å². The molecule has 0 aliphatic heterocycles. The number of benzene rings is 2. The van der Waals surface area contributed by atoms with Crippen LogP contribution in [-0.2, 0) is 10.0 Å². The van der Waals surface area contributed by atoms with Gasteiger partial charge in [0.15, 0.2) is 4.90 Å². The van der Waals surface area contributed by atoms with Crippen LogP contribution in [0.25, 0.3) is 0 Å². The molecule has 0 heterocycles. The Morgan fingerprint density at radius 2 is 1.54 bits per heavy atom. The summed E-state index contributed by atoms with van der Waals surface area (Å²) in [6.45, 7) is 0.457. The smallest absolute Gasteiger partial charge is 0.270 e. The first-order chi connectivity index (χ1) is 19.5. The number of nitrogens with one attached hydrogen (secondary N) is 2. The van der Waals surface area contributed by atoms with Gasteiger partial charge in [0, 0.05) is 23.8 Å². The van der Waals surface area contributed by atoms with Crippen LogP contribution in [0, 0.1) is 23.4 Å². The predicted molar refractivity (Wildman–Crippen MR) is 150 cm³/mol. The Morgan fingerprint density at radius 3 is 2.17 bits per heavy atom. The lowest BCUT2D eigenvalue weighted by Gasteiger charge is -2.37. The monoisotopic (exact) mass is 593 g/mol. The summed E-state index contributed by atoms with van der Waals surface area (Å²) in [5.41, 5.74) is 0.227. The van der Waals surface area contributed by atoms with Crippen molar-refractivity contribution in [1.29, 1.82) is 0 Å². The van der Waals surface area contributed by atoms with Crippen LogP contribution in [0.15, 0.2) is 29.2 Å². The Labute approximate surface area is 239 Å². The summed E-state index contributed by atoms with van der Waals surface area (Å²) < 4.78 is 78.8. The van der Waals surface area contributed by atoms with E-state index in [2.05, 4.69) is 10.2 Å². The third-order valence-electron chi connectivity index (χ3n) is 8.55. The summed E-state index contributed by atoms with van der Waals surface area (Å²) >= 11 is 0. The van der Waals surface area contributed by atoms with Crippen LogP contribution >= 0.6 is 0 Å². The molecule has 0 unspecified atom stereocenters. The lowest BCUT2D eigenvalue weighted by molar-refractivity contribution is 0.0977. The maximum absolute atomic E-state index is 15.1. The molecule has 0 bridgehead atoms. The predicted octanol–water partition coefficient (Wildman–Crippen LogP) is 5.95. The second-order valence-corrected chi connectivity index (χ2v) is 13.5. The van der Waals surface area contributed by atoms with E-state index in [4.69, 9.17) is 4.74 Å². The van der Waals surface area contributed by atoms with Crippen LogP contribution in [-0.4, -0.2) is 52.0 Å². The minimum Gasteiger partial charge on any atom is -0.493 e. The van der Waals surface area contributed by atoms with E-state index >= 15 is 13.2 Å². The summed E-state index contributed by atoms with van der Waals surface area (Å²) in [4.78, 5) is 13.7. The van der Waals surface area contributed by atoms with Crippen LogP contribution in [0.3, 0.4) is 0 Å². The SMILES string of the molecule is CN(C)[C@H]1CCCC[C@@H]1Nc1cc(F)c(S(=O)(=O)NC(=O)c2cc(C3CC3)c(OCC3CCCC3)cc2F)c(F)c1. The molecule has 0 aromatic heterocycles. The van der Waals surface area contributed by atoms with Gasteiger partial charge in [0.25, 0.3) is 15.9 Å². The standard InChI is InChI=1S/C30H38F3N3O4S/c1-36(2)27-10-6-5-9-26(27)34-20-13-24(32)29(25(33)14-20)41(38,39)35-30(37)22-15-21(19-11-12-19)28(16-23(22)31)40-17-18-7-3-4-8-18/h13-16,18-19,26-27,34H,3-12,17H2,1-2H3,(H,35,37)/t26-,27-/m0/s1. The number of hydrogen-bond donors (Lipinski definition) is 2. The average Bonchev–Trinajstić information content (AvgIpc) is 3.61. The average molecular weight is 594 g/mol. The van der Waals surface area contributed by atoms with Crippen molar-refractivity contribution in [3.05, 3.63) is 52.8 Å². The minimum absolute atomic E-state index is 0.0616. The Bertz CT molecular complexity index is 1370. The number of halogens is 3. The van der Waals surface area contributed by atoms with Crippen LogP contribution in [0.4, 0.5) is 18.9 Å². The molecule has 5 rings (SSSR count). The van der Waals surface area contributed by atoms with Gasteiger partial charge in [-0.25, -0.2) is 26.3 Å². The number of anilines is 1. The molecule has 224 valence electrons. The van der Waals surface area contributed by atoms with Gasteiger partial charge in [-0.15, -0.1) is 0 Å². The van der Waals surface area contributed by atoms with Gasteiger partial charge in [0.05, 0.1) is 12.2 Å². The van der Waals surface area contributed by atoms with Gasteiger partial charge in [-0.05, 0) is 88.2 Å². The summed E-state index contributed by atoms with van der Waals surface area (Å²) in [5, 5.41) is 3.14. The van der Waals surface area contributed by atoms with E-state index in [9.17, 15) is 13.2 Å². The molecule has 1 amide bonds. The minimum atomic E-state index is -4.99. The highest BCUT2D eigenvalue weighted by Gasteiger charge is 2.33. The van der Waals surface area contributed by atoms with Gasteiger partial charge in [0.1, 0.15) is 23.2 Å². The highest BCUT2D eigenvalue weighted by Crippen LogP contribution is 2.45. The van der Waals surface area contributed by atoms with Gasteiger partial charge in [0.2, 0.25) is 0 Å². The molecule has 2 atom stereocenters. The van der Waals surface area contributed by atoms with Gasteiger partial charge < -0.3 is 15.0 Å². The van der Waals surface area contributed by atoms with Crippen molar-refractivity contribution in [2.45, 2.75) is 87.1 Å². The fourth-order valence-corrected chi connectivity index (χ4v) is 7.30.